The van der Waals surface area contributed by atoms with Gasteiger partial charge in [-0.1, -0.05) is 0 Å². The lowest BCUT2D eigenvalue weighted by Crippen LogP contribution is -2.52. The van der Waals surface area contributed by atoms with Crippen LogP contribution in [-0.2, 0) is 14.3 Å². The fraction of sp³-hybridized carbons (Fsp3) is 0.733. The number of hydrogen-bond acceptors (Lipinski definition) is 6. The molecule has 0 aromatic rings. The smallest absolute Gasteiger partial charge is 0.335 e. The van der Waals surface area contributed by atoms with E-state index < -0.39 is 36.5 Å². The van der Waals surface area contributed by atoms with Crippen molar-refractivity contribution in [2.75, 3.05) is 13.2 Å². The van der Waals surface area contributed by atoms with Gasteiger partial charge in [0.2, 0.25) is 5.91 Å². The number of carboxylic acids is 1. The Morgan fingerprint density at radius 1 is 1.39 bits per heavy atom. The van der Waals surface area contributed by atoms with Crippen molar-refractivity contribution in [3.8, 4) is 12.3 Å². The summed E-state index contributed by atoms with van der Waals surface area (Å²) in [6.45, 7) is 1.90. The van der Waals surface area contributed by atoms with Crippen molar-refractivity contribution in [2.45, 2.75) is 57.0 Å². The average Bonchev–Trinajstić information content (AvgIpc) is 2.48. The monoisotopic (exact) mass is 331 g/mol. The molecule has 0 saturated heterocycles. The van der Waals surface area contributed by atoms with Crippen molar-refractivity contribution in [1.82, 2.24) is 5.32 Å². The van der Waals surface area contributed by atoms with Gasteiger partial charge in [-0.3, -0.25) is 4.79 Å². The van der Waals surface area contributed by atoms with Gasteiger partial charge in [0.05, 0.1) is 6.10 Å². The van der Waals surface area contributed by atoms with Gasteiger partial charge in [-0.2, -0.15) is 0 Å². The molecule has 8 heteroatoms. The van der Waals surface area contributed by atoms with E-state index in [4.69, 9.17) is 16.3 Å². The van der Waals surface area contributed by atoms with Crippen molar-refractivity contribution in [2.24, 2.45) is 0 Å². The zero-order valence-corrected chi connectivity index (χ0v) is 13.4. The molecular formula is C15H25NO7. The quantitative estimate of drug-likeness (QED) is 0.302. The molecule has 0 spiro atoms. The molecule has 4 atom stereocenters. The molecule has 0 aliphatic rings. The largest absolute Gasteiger partial charge is 0.479 e. The van der Waals surface area contributed by atoms with Gasteiger partial charge in [-0.25, -0.2) is 4.79 Å². The number of carbonyl (C=O) groups excluding carboxylic acids is 1. The second-order valence-corrected chi connectivity index (χ2v) is 5.41. The Balaban J connectivity index is 4.80. The molecule has 23 heavy (non-hydrogen) atoms. The Labute approximate surface area is 135 Å². The number of nitrogens with one attached hydrogen (secondary N) is 1. The van der Waals surface area contributed by atoms with Gasteiger partial charge in [0.25, 0.3) is 0 Å². The van der Waals surface area contributed by atoms with Crippen LogP contribution in [-0.4, -0.2) is 69.4 Å². The first-order chi connectivity index (χ1) is 10.7. The Kier molecular flexibility index (Phi) is 9.44. The van der Waals surface area contributed by atoms with E-state index in [1.165, 1.54) is 13.8 Å². The first kappa shape index (κ1) is 21.3. The summed E-state index contributed by atoms with van der Waals surface area (Å²) in [4.78, 5) is 22.7. The van der Waals surface area contributed by atoms with Gasteiger partial charge < -0.3 is 30.5 Å². The number of rotatable bonds is 11. The minimum Gasteiger partial charge on any atom is -0.479 e. The lowest BCUT2D eigenvalue weighted by atomic mass is 10.0. The third-order valence-corrected chi connectivity index (χ3v) is 3.30. The highest BCUT2D eigenvalue weighted by atomic mass is 16.6. The standard InChI is InChI=1S/C15H25NO7/c1-4-5-6-12(20)16-9-11(19)13(10(2)18)23-15(3,7-8-17)14(21)22/h1,10-11,13,17-19H,5-9H2,2-3H3,(H,16,20)(H,21,22)/t10-,11-,13?,15?/m1/s1. The molecular weight excluding hydrogens is 306 g/mol. The van der Waals surface area contributed by atoms with Gasteiger partial charge in [0.15, 0.2) is 5.60 Å². The van der Waals surface area contributed by atoms with Crippen molar-refractivity contribution >= 4 is 11.9 Å². The minimum atomic E-state index is -1.77. The van der Waals surface area contributed by atoms with Crippen LogP contribution < -0.4 is 5.32 Å². The Hall–Kier alpha value is -1.66. The van der Waals surface area contributed by atoms with Crippen LogP contribution >= 0.6 is 0 Å². The second kappa shape index (κ2) is 10.2. The van der Waals surface area contributed by atoms with Crippen molar-refractivity contribution in [3.63, 3.8) is 0 Å². The van der Waals surface area contributed by atoms with E-state index in [1.807, 2.05) is 0 Å². The van der Waals surface area contributed by atoms with Crippen LogP contribution in [0.5, 0.6) is 0 Å². The molecule has 0 aromatic heterocycles. The molecule has 5 N–H and O–H groups in total. The van der Waals surface area contributed by atoms with Crippen LogP contribution in [0.3, 0.4) is 0 Å². The number of amides is 1. The zero-order chi connectivity index (χ0) is 18.0. The molecule has 0 heterocycles. The van der Waals surface area contributed by atoms with Gasteiger partial charge >= 0.3 is 5.97 Å². The molecule has 1 amide bonds. The number of carbonyl (C=O) groups is 2. The Morgan fingerprint density at radius 2 is 2.00 bits per heavy atom. The number of terminal acetylenes is 1. The van der Waals surface area contributed by atoms with E-state index >= 15 is 0 Å². The summed E-state index contributed by atoms with van der Waals surface area (Å²) < 4.78 is 5.33. The lowest BCUT2D eigenvalue weighted by Gasteiger charge is -2.34. The van der Waals surface area contributed by atoms with Crippen LogP contribution in [0.4, 0.5) is 0 Å². The Morgan fingerprint density at radius 3 is 2.43 bits per heavy atom. The maximum atomic E-state index is 11.4. The number of ether oxygens (including phenoxy) is 1. The summed E-state index contributed by atoms with van der Waals surface area (Å²) in [5.41, 5.74) is -1.77. The average molecular weight is 331 g/mol. The minimum absolute atomic E-state index is 0.0980. The number of hydrogen-bond donors (Lipinski definition) is 5. The molecule has 132 valence electrons. The van der Waals surface area contributed by atoms with Crippen LogP contribution in [0.1, 0.15) is 33.1 Å². The first-order valence-corrected chi connectivity index (χ1v) is 7.26. The van der Waals surface area contributed by atoms with Gasteiger partial charge in [-0.05, 0) is 13.8 Å². The van der Waals surface area contributed by atoms with E-state index in [0.29, 0.717) is 0 Å². The predicted octanol–water partition coefficient (Wildman–Crippen LogP) is -1.13. The summed E-state index contributed by atoms with van der Waals surface area (Å²) in [5.74, 6) is 0.604. The van der Waals surface area contributed by atoms with E-state index in [9.17, 15) is 24.9 Å². The van der Waals surface area contributed by atoms with E-state index in [-0.39, 0.29) is 31.7 Å². The maximum Gasteiger partial charge on any atom is 0.335 e. The summed E-state index contributed by atoms with van der Waals surface area (Å²) in [5, 5.41) is 40.4. The molecule has 8 nitrogen and oxygen atoms in total. The fourth-order valence-corrected chi connectivity index (χ4v) is 1.84. The summed E-state index contributed by atoms with van der Waals surface area (Å²) in [7, 11) is 0. The number of aliphatic hydroxyl groups is 3. The van der Waals surface area contributed by atoms with Gasteiger partial charge in [0, 0.05) is 32.4 Å². The summed E-state index contributed by atoms with van der Waals surface area (Å²) in [6, 6.07) is 0. The van der Waals surface area contributed by atoms with E-state index in [1.54, 1.807) is 0 Å². The maximum absolute atomic E-state index is 11.4. The summed E-state index contributed by atoms with van der Waals surface area (Å²) in [6.07, 6.45) is 1.40. The third kappa shape index (κ3) is 7.43. The van der Waals surface area contributed by atoms with Crippen molar-refractivity contribution in [3.05, 3.63) is 0 Å². The molecule has 2 unspecified atom stereocenters. The third-order valence-electron chi connectivity index (χ3n) is 3.30. The first-order valence-electron chi connectivity index (χ1n) is 7.26. The normalized spacial score (nSPS) is 17.4. The highest BCUT2D eigenvalue weighted by molar-refractivity contribution is 5.77. The van der Waals surface area contributed by atoms with Crippen molar-refractivity contribution in [1.29, 1.82) is 0 Å². The highest BCUT2D eigenvalue weighted by Crippen LogP contribution is 2.21. The van der Waals surface area contributed by atoms with Crippen molar-refractivity contribution < 1.29 is 34.8 Å². The molecule has 0 aromatic carbocycles. The molecule has 0 aliphatic carbocycles. The number of carboxylic acid groups (broad SMARTS) is 1. The molecule has 0 aliphatic heterocycles. The molecule has 0 saturated carbocycles. The van der Waals surface area contributed by atoms with Gasteiger partial charge in [-0.15, -0.1) is 12.3 Å². The number of aliphatic hydroxyl groups excluding tert-OH is 3. The van der Waals surface area contributed by atoms with Crippen LogP contribution in [0.25, 0.3) is 0 Å². The van der Waals surface area contributed by atoms with Crippen LogP contribution in [0.15, 0.2) is 0 Å². The topological polar surface area (TPSA) is 136 Å². The zero-order valence-electron chi connectivity index (χ0n) is 13.4. The predicted molar refractivity (Wildman–Crippen MR) is 81.4 cm³/mol. The lowest BCUT2D eigenvalue weighted by molar-refractivity contribution is -0.194. The van der Waals surface area contributed by atoms with E-state index in [0.717, 1.165) is 0 Å². The fourth-order valence-electron chi connectivity index (χ4n) is 1.84. The van der Waals surface area contributed by atoms with Gasteiger partial charge in [0.1, 0.15) is 12.2 Å². The second-order valence-electron chi connectivity index (χ2n) is 5.41. The van der Waals surface area contributed by atoms with Crippen LogP contribution in [0, 0.1) is 12.3 Å². The molecule has 0 rings (SSSR count). The summed E-state index contributed by atoms with van der Waals surface area (Å²) >= 11 is 0. The van der Waals surface area contributed by atoms with E-state index in [2.05, 4.69) is 11.2 Å². The SMILES string of the molecule is C#CCCC(=O)NC[C@@H](O)C(OC(C)(CCO)C(=O)O)[C@@H](C)O. The Bertz CT molecular complexity index is 432. The van der Waals surface area contributed by atoms with Crippen LogP contribution in [0.2, 0.25) is 0 Å². The molecule has 0 bridgehead atoms. The highest BCUT2D eigenvalue weighted by Gasteiger charge is 2.40. The number of aliphatic carboxylic acids is 1. The molecule has 0 radical (unpaired) electrons. The molecule has 0 fully saturated rings.